The van der Waals surface area contributed by atoms with E-state index in [0.717, 1.165) is 23.5 Å². The predicted octanol–water partition coefficient (Wildman–Crippen LogP) is 4.46. The molecule has 3 nitrogen and oxygen atoms in total. The second-order valence-electron chi connectivity index (χ2n) is 7.31. The molecule has 0 radical (unpaired) electrons. The van der Waals surface area contributed by atoms with Gasteiger partial charge >= 0.3 is 0 Å². The van der Waals surface area contributed by atoms with E-state index >= 15 is 0 Å². The van der Waals surface area contributed by atoms with Crippen molar-refractivity contribution in [1.29, 1.82) is 0 Å². The van der Waals surface area contributed by atoms with Crippen molar-refractivity contribution in [2.45, 2.75) is 37.6 Å². The molecule has 3 heteroatoms. The summed E-state index contributed by atoms with van der Waals surface area (Å²) in [4.78, 5) is 2.42. The number of fused-ring (bicyclic) bond motifs is 1. The van der Waals surface area contributed by atoms with E-state index in [1.54, 1.807) is 0 Å². The lowest BCUT2D eigenvalue weighted by atomic mass is 9.81. The van der Waals surface area contributed by atoms with Crippen LogP contribution in [0.1, 0.15) is 42.7 Å². The second kappa shape index (κ2) is 7.85. The molecule has 134 valence electrons. The summed E-state index contributed by atoms with van der Waals surface area (Å²) in [5, 5.41) is 3.24. The van der Waals surface area contributed by atoms with Gasteiger partial charge in [0, 0.05) is 11.6 Å². The quantitative estimate of drug-likeness (QED) is 0.831. The minimum Gasteiger partial charge on any atom is -0.471 e. The first-order valence-electron chi connectivity index (χ1n) is 9.54. The van der Waals surface area contributed by atoms with Crippen LogP contribution in [0.15, 0.2) is 48.5 Å². The Labute approximate surface area is 156 Å². The van der Waals surface area contributed by atoms with Gasteiger partial charge in [0.1, 0.15) is 5.75 Å². The van der Waals surface area contributed by atoms with Crippen LogP contribution >= 0.6 is 0 Å². The van der Waals surface area contributed by atoms with E-state index in [2.05, 4.69) is 59.4 Å². The van der Waals surface area contributed by atoms with Crippen LogP contribution in [0, 0.1) is 11.8 Å². The third-order valence-electron chi connectivity index (χ3n) is 5.62. The molecule has 0 bridgehead atoms. The first kappa shape index (κ1) is 17.0. The summed E-state index contributed by atoms with van der Waals surface area (Å²) < 4.78 is 5.64. The molecule has 1 aliphatic heterocycles. The first-order valence-corrected chi connectivity index (χ1v) is 9.54. The van der Waals surface area contributed by atoms with Gasteiger partial charge < -0.3 is 10.1 Å². The van der Waals surface area contributed by atoms with Crippen molar-refractivity contribution in [2.75, 3.05) is 25.6 Å². The molecule has 0 aromatic heterocycles. The highest BCUT2D eigenvalue weighted by Crippen LogP contribution is 2.38. The van der Waals surface area contributed by atoms with Gasteiger partial charge in [-0.3, -0.25) is 4.90 Å². The number of anilines is 1. The minimum absolute atomic E-state index is 0.598. The van der Waals surface area contributed by atoms with E-state index in [9.17, 15) is 0 Å². The maximum atomic E-state index is 5.64. The van der Waals surface area contributed by atoms with Gasteiger partial charge in [-0.1, -0.05) is 36.1 Å². The average molecular weight is 346 g/mol. The van der Waals surface area contributed by atoms with Crippen LogP contribution in [-0.2, 0) is 0 Å². The zero-order valence-corrected chi connectivity index (χ0v) is 15.4. The molecule has 0 atom stereocenters. The Morgan fingerprint density at radius 3 is 2.69 bits per heavy atom. The minimum atomic E-state index is 0.598. The number of hydrogen-bond acceptors (Lipinski definition) is 3. The van der Waals surface area contributed by atoms with Crippen LogP contribution in [0.4, 0.5) is 5.69 Å². The molecule has 1 fully saturated rings. The fourth-order valence-electron chi connectivity index (χ4n) is 4.02. The average Bonchev–Trinajstić information content (AvgIpc) is 3.17. The lowest BCUT2D eigenvalue weighted by molar-refractivity contribution is 0.201. The lowest BCUT2D eigenvalue weighted by Crippen LogP contribution is -2.35. The fourth-order valence-corrected chi connectivity index (χ4v) is 4.02. The maximum Gasteiger partial charge on any atom is 0.159 e. The molecule has 2 aromatic carbocycles. The first-order chi connectivity index (χ1) is 12.8. The third kappa shape index (κ3) is 3.86. The molecule has 1 heterocycles. The Morgan fingerprint density at radius 2 is 1.88 bits per heavy atom. The van der Waals surface area contributed by atoms with Crippen LogP contribution < -0.4 is 10.1 Å². The summed E-state index contributed by atoms with van der Waals surface area (Å²) >= 11 is 0. The van der Waals surface area contributed by atoms with Crippen molar-refractivity contribution in [3.63, 3.8) is 0 Å². The fraction of sp³-hybridized carbons (Fsp3) is 0.391. The smallest absolute Gasteiger partial charge is 0.159 e. The number of nitrogens with one attached hydrogen (secondary N) is 1. The van der Waals surface area contributed by atoms with Gasteiger partial charge in [0.05, 0.1) is 12.2 Å². The molecule has 4 rings (SSSR count). The summed E-state index contributed by atoms with van der Waals surface area (Å²) in [5.41, 5.74) is 3.65. The summed E-state index contributed by atoms with van der Waals surface area (Å²) in [6.07, 6.45) is 4.97. The Morgan fingerprint density at radius 1 is 1.08 bits per heavy atom. The van der Waals surface area contributed by atoms with Crippen LogP contribution in [0.3, 0.4) is 0 Å². The molecule has 0 amide bonds. The molecule has 0 saturated heterocycles. The molecule has 26 heavy (non-hydrogen) atoms. The number of hydrogen-bond donors (Lipinski definition) is 1. The van der Waals surface area contributed by atoms with Gasteiger partial charge in [-0.15, -0.1) is 0 Å². The molecule has 1 aliphatic carbocycles. The molecule has 1 N–H and O–H groups in total. The van der Waals surface area contributed by atoms with Gasteiger partial charge in [0.25, 0.3) is 0 Å². The highest BCUT2D eigenvalue weighted by Gasteiger charge is 2.25. The largest absolute Gasteiger partial charge is 0.471 e. The highest BCUT2D eigenvalue weighted by molar-refractivity contribution is 5.60. The Hall–Kier alpha value is -2.44. The molecule has 0 spiro atoms. The monoisotopic (exact) mass is 346 g/mol. The Balaban J connectivity index is 1.30. The topological polar surface area (TPSA) is 24.5 Å². The third-order valence-corrected chi connectivity index (χ3v) is 5.62. The predicted molar refractivity (Wildman–Crippen MR) is 107 cm³/mol. The van der Waals surface area contributed by atoms with Gasteiger partial charge in [0.15, 0.2) is 6.73 Å². The number of nitrogens with zero attached hydrogens (tertiary/aromatic N) is 1. The number of ether oxygens (including phenoxy) is 1. The van der Waals surface area contributed by atoms with E-state index in [1.165, 1.54) is 31.2 Å². The second-order valence-corrected chi connectivity index (χ2v) is 7.31. The number of rotatable bonds is 3. The van der Waals surface area contributed by atoms with E-state index in [0.29, 0.717) is 18.7 Å². The number of benzene rings is 2. The van der Waals surface area contributed by atoms with Crippen LogP contribution in [-0.4, -0.2) is 31.3 Å². The Kier molecular flexibility index (Phi) is 5.13. The van der Waals surface area contributed by atoms with Gasteiger partial charge in [-0.2, -0.15) is 0 Å². The van der Waals surface area contributed by atoms with E-state index in [-0.39, 0.29) is 0 Å². The van der Waals surface area contributed by atoms with E-state index in [4.69, 9.17) is 4.74 Å². The van der Waals surface area contributed by atoms with Crippen molar-refractivity contribution < 1.29 is 4.74 Å². The SMILES string of the molecule is CN(CC#Cc1ccccc1)C1CCC(c2ccc3c(c2)OCN3)CC1. The molecular formula is C23H26N2O. The lowest BCUT2D eigenvalue weighted by Gasteiger charge is -2.34. The zero-order valence-electron chi connectivity index (χ0n) is 15.4. The summed E-state index contributed by atoms with van der Waals surface area (Å²) in [5.74, 6) is 8.25. The summed E-state index contributed by atoms with van der Waals surface area (Å²) in [6.45, 7) is 1.43. The van der Waals surface area contributed by atoms with Crippen LogP contribution in [0.25, 0.3) is 0 Å². The zero-order chi connectivity index (χ0) is 17.8. The molecule has 0 unspecified atom stereocenters. The van der Waals surface area contributed by atoms with Gasteiger partial charge in [0.2, 0.25) is 0 Å². The van der Waals surface area contributed by atoms with Crippen LogP contribution in [0.2, 0.25) is 0 Å². The maximum absolute atomic E-state index is 5.64. The van der Waals surface area contributed by atoms with Crippen LogP contribution in [0.5, 0.6) is 5.75 Å². The molecule has 1 saturated carbocycles. The molecule has 2 aliphatic rings. The Bertz CT molecular complexity index is 798. The summed E-state index contributed by atoms with van der Waals surface area (Å²) in [6, 6.07) is 17.5. The standard InChI is InChI=1S/C23H26N2O/c1-25(15-5-8-18-6-3-2-4-7-18)21-12-9-19(10-13-21)20-11-14-22-23(16-20)26-17-24-22/h2-4,6-7,11,14,16,19,21,24H,9-10,12-13,15,17H2,1H3. The van der Waals surface area contributed by atoms with Crippen molar-refractivity contribution >= 4 is 5.69 Å². The van der Waals surface area contributed by atoms with E-state index < -0.39 is 0 Å². The van der Waals surface area contributed by atoms with Crippen molar-refractivity contribution in [1.82, 2.24) is 4.90 Å². The van der Waals surface area contributed by atoms with E-state index in [1.807, 2.05) is 18.2 Å². The van der Waals surface area contributed by atoms with Gasteiger partial charge in [-0.25, -0.2) is 0 Å². The van der Waals surface area contributed by atoms with Crippen molar-refractivity contribution in [3.05, 3.63) is 59.7 Å². The summed E-state index contributed by atoms with van der Waals surface area (Å²) in [7, 11) is 2.21. The van der Waals surface area contributed by atoms with Crippen molar-refractivity contribution in [3.8, 4) is 17.6 Å². The normalized spacial score (nSPS) is 21.3. The molecule has 2 aromatic rings. The van der Waals surface area contributed by atoms with Gasteiger partial charge in [-0.05, 0) is 68.5 Å². The molecular weight excluding hydrogens is 320 g/mol. The van der Waals surface area contributed by atoms with Crippen molar-refractivity contribution in [2.24, 2.45) is 0 Å². The highest BCUT2D eigenvalue weighted by atomic mass is 16.5.